The molecule has 0 saturated heterocycles. The highest BCUT2D eigenvalue weighted by molar-refractivity contribution is 7.12. The first-order chi connectivity index (χ1) is 9.65. The average molecular weight is 296 g/mol. The summed E-state index contributed by atoms with van der Waals surface area (Å²) in [6, 6.07) is 3.57. The molecule has 1 aromatic rings. The minimum atomic E-state index is -0.436. The second-order valence-corrected chi connectivity index (χ2v) is 6.12. The molecule has 0 unspecified atom stereocenters. The van der Waals surface area contributed by atoms with Crippen molar-refractivity contribution in [2.24, 2.45) is 0 Å². The molecule has 0 atom stereocenters. The van der Waals surface area contributed by atoms with Crippen LogP contribution in [0.15, 0.2) is 17.5 Å². The highest BCUT2D eigenvalue weighted by Crippen LogP contribution is 2.29. The Kier molecular flexibility index (Phi) is 5.14. The number of carbonyl (C=O) groups excluding carboxylic acids is 2. The first kappa shape index (κ1) is 15.0. The van der Waals surface area contributed by atoms with Crippen molar-refractivity contribution >= 4 is 23.2 Å². The quantitative estimate of drug-likeness (QED) is 0.740. The predicted octanol–water partition coefficient (Wildman–Crippen LogP) is 1.29. The summed E-state index contributed by atoms with van der Waals surface area (Å²) in [5.41, 5.74) is -0.436. The molecule has 0 spiro atoms. The van der Waals surface area contributed by atoms with Crippen LogP contribution in [-0.2, 0) is 4.79 Å². The van der Waals surface area contributed by atoms with E-state index in [1.54, 1.807) is 6.07 Å². The Morgan fingerprint density at radius 1 is 1.35 bits per heavy atom. The molecule has 2 amide bonds. The summed E-state index contributed by atoms with van der Waals surface area (Å²) in [6.07, 6.45) is 3.97. The Balaban J connectivity index is 1.71. The lowest BCUT2D eigenvalue weighted by molar-refractivity contribution is -0.123. The fourth-order valence-corrected chi connectivity index (χ4v) is 3.16. The van der Waals surface area contributed by atoms with E-state index in [0.29, 0.717) is 11.4 Å². The number of aliphatic hydroxyl groups excluding tert-OH is 1. The zero-order chi connectivity index (χ0) is 14.4. The van der Waals surface area contributed by atoms with Gasteiger partial charge in [0.1, 0.15) is 0 Å². The number of rotatable bonds is 6. The van der Waals surface area contributed by atoms with Gasteiger partial charge in [-0.15, -0.1) is 11.3 Å². The largest absolute Gasteiger partial charge is 0.394 e. The number of aliphatic hydroxyl groups is 1. The van der Waals surface area contributed by atoms with Crippen molar-refractivity contribution < 1.29 is 14.7 Å². The highest BCUT2D eigenvalue weighted by Gasteiger charge is 2.34. The molecule has 1 heterocycles. The first-order valence-electron chi connectivity index (χ1n) is 6.89. The normalized spacial score (nSPS) is 16.9. The van der Waals surface area contributed by atoms with Gasteiger partial charge in [0.2, 0.25) is 5.91 Å². The summed E-state index contributed by atoms with van der Waals surface area (Å²) < 4.78 is 0. The monoisotopic (exact) mass is 296 g/mol. The lowest BCUT2D eigenvalue weighted by Crippen LogP contribution is -2.49. The lowest BCUT2D eigenvalue weighted by atomic mass is 9.99. The van der Waals surface area contributed by atoms with Gasteiger partial charge in [-0.05, 0) is 24.3 Å². The fourth-order valence-electron chi connectivity index (χ4n) is 2.52. The summed E-state index contributed by atoms with van der Waals surface area (Å²) in [5, 5.41) is 16.9. The molecule has 2 rings (SSSR count). The predicted molar refractivity (Wildman–Crippen MR) is 77.7 cm³/mol. The maximum Gasteiger partial charge on any atom is 0.261 e. The summed E-state index contributed by atoms with van der Waals surface area (Å²) in [5.74, 6) is -0.266. The van der Waals surface area contributed by atoms with Crippen LogP contribution in [0.1, 0.15) is 41.8 Å². The van der Waals surface area contributed by atoms with Crippen LogP contribution >= 0.6 is 11.3 Å². The van der Waals surface area contributed by atoms with Crippen molar-refractivity contribution in [3.63, 3.8) is 0 Å². The van der Waals surface area contributed by atoms with Crippen molar-refractivity contribution in [2.75, 3.05) is 13.2 Å². The van der Waals surface area contributed by atoms with Crippen LogP contribution in [0.4, 0.5) is 0 Å². The third kappa shape index (κ3) is 3.80. The summed E-state index contributed by atoms with van der Waals surface area (Å²) in [6.45, 7) is 0.296. The third-order valence-electron chi connectivity index (χ3n) is 3.65. The number of nitrogens with one attached hydrogen (secondary N) is 2. The zero-order valence-electron chi connectivity index (χ0n) is 11.4. The highest BCUT2D eigenvalue weighted by atomic mass is 32.1. The fraction of sp³-hybridized carbons (Fsp3) is 0.571. The van der Waals surface area contributed by atoms with Gasteiger partial charge in [0.15, 0.2) is 0 Å². The second-order valence-electron chi connectivity index (χ2n) is 5.18. The number of carbonyl (C=O) groups is 2. The topological polar surface area (TPSA) is 78.4 Å². The number of thiophene rings is 1. The maximum atomic E-state index is 11.9. The van der Waals surface area contributed by atoms with Crippen LogP contribution in [-0.4, -0.2) is 35.6 Å². The van der Waals surface area contributed by atoms with Gasteiger partial charge in [0.05, 0.1) is 17.0 Å². The zero-order valence-corrected chi connectivity index (χ0v) is 12.2. The van der Waals surface area contributed by atoms with E-state index in [4.69, 9.17) is 0 Å². The molecular weight excluding hydrogens is 276 g/mol. The van der Waals surface area contributed by atoms with E-state index in [1.807, 2.05) is 11.4 Å². The van der Waals surface area contributed by atoms with Crippen LogP contribution in [0, 0.1) is 0 Å². The van der Waals surface area contributed by atoms with Crippen molar-refractivity contribution in [3.8, 4) is 0 Å². The number of hydrogen-bond donors (Lipinski definition) is 3. The van der Waals surface area contributed by atoms with Gasteiger partial charge in [-0.3, -0.25) is 9.59 Å². The summed E-state index contributed by atoms with van der Waals surface area (Å²) in [4.78, 5) is 24.2. The molecule has 1 aromatic heterocycles. The number of hydrogen-bond acceptors (Lipinski definition) is 4. The van der Waals surface area contributed by atoms with Gasteiger partial charge >= 0.3 is 0 Å². The molecular formula is C14H20N2O3S. The van der Waals surface area contributed by atoms with Crippen LogP contribution in [0.2, 0.25) is 0 Å². The first-order valence-corrected chi connectivity index (χ1v) is 7.77. The Hall–Kier alpha value is -1.40. The van der Waals surface area contributed by atoms with Crippen LogP contribution in [0.25, 0.3) is 0 Å². The summed E-state index contributed by atoms with van der Waals surface area (Å²) >= 11 is 1.37. The molecule has 0 radical (unpaired) electrons. The van der Waals surface area contributed by atoms with Crippen LogP contribution in [0.5, 0.6) is 0 Å². The molecule has 0 aromatic carbocycles. The van der Waals surface area contributed by atoms with Gasteiger partial charge in [-0.2, -0.15) is 0 Å². The van der Waals surface area contributed by atoms with Crippen LogP contribution in [0.3, 0.4) is 0 Å². The second kappa shape index (κ2) is 6.85. The minimum absolute atomic E-state index is 0.0136. The Morgan fingerprint density at radius 2 is 2.10 bits per heavy atom. The SMILES string of the molecule is O=C(CCNC(=O)c1cccs1)NC1(CO)CCCC1. The van der Waals surface area contributed by atoms with Crippen LogP contribution < -0.4 is 10.6 Å². The van der Waals surface area contributed by atoms with Gasteiger partial charge < -0.3 is 15.7 Å². The number of amides is 2. The van der Waals surface area contributed by atoms with Gasteiger partial charge in [0.25, 0.3) is 5.91 Å². The molecule has 0 aliphatic heterocycles. The van der Waals surface area contributed by atoms with E-state index in [0.717, 1.165) is 25.7 Å². The molecule has 3 N–H and O–H groups in total. The van der Waals surface area contributed by atoms with Crippen molar-refractivity contribution in [1.82, 2.24) is 10.6 Å². The lowest BCUT2D eigenvalue weighted by Gasteiger charge is -2.28. The Morgan fingerprint density at radius 3 is 2.70 bits per heavy atom. The Bertz CT molecular complexity index is 453. The molecule has 110 valence electrons. The smallest absolute Gasteiger partial charge is 0.261 e. The molecule has 1 fully saturated rings. The van der Waals surface area contributed by atoms with Gasteiger partial charge in [0, 0.05) is 13.0 Å². The summed E-state index contributed by atoms with van der Waals surface area (Å²) in [7, 11) is 0. The molecule has 0 bridgehead atoms. The molecule has 20 heavy (non-hydrogen) atoms. The maximum absolute atomic E-state index is 11.9. The third-order valence-corrected chi connectivity index (χ3v) is 4.52. The van der Waals surface area contributed by atoms with Crippen molar-refractivity contribution in [3.05, 3.63) is 22.4 Å². The van der Waals surface area contributed by atoms with E-state index >= 15 is 0 Å². The van der Waals surface area contributed by atoms with Gasteiger partial charge in [-0.1, -0.05) is 18.9 Å². The van der Waals surface area contributed by atoms with E-state index in [9.17, 15) is 14.7 Å². The molecule has 1 aliphatic carbocycles. The molecule has 1 aliphatic rings. The molecule has 6 heteroatoms. The van der Waals surface area contributed by atoms with Crippen molar-refractivity contribution in [2.45, 2.75) is 37.6 Å². The standard InChI is InChI=1S/C14H20N2O3S/c17-10-14(6-1-2-7-14)16-12(18)5-8-15-13(19)11-4-3-9-20-11/h3-4,9,17H,1-2,5-8,10H2,(H,15,19)(H,16,18). The van der Waals surface area contributed by atoms with E-state index in [1.165, 1.54) is 11.3 Å². The minimum Gasteiger partial charge on any atom is -0.394 e. The average Bonchev–Trinajstić information content (AvgIpc) is 3.10. The van der Waals surface area contributed by atoms with E-state index < -0.39 is 5.54 Å². The molecule has 1 saturated carbocycles. The van der Waals surface area contributed by atoms with Gasteiger partial charge in [-0.25, -0.2) is 0 Å². The van der Waals surface area contributed by atoms with E-state index in [2.05, 4.69) is 10.6 Å². The Labute approximate surface area is 122 Å². The molecule has 5 nitrogen and oxygen atoms in total. The van der Waals surface area contributed by atoms with Crippen molar-refractivity contribution in [1.29, 1.82) is 0 Å². The van der Waals surface area contributed by atoms with E-state index in [-0.39, 0.29) is 24.8 Å².